The molecule has 12 heavy (non-hydrogen) atoms. The first-order chi connectivity index (χ1) is 5.45. The summed E-state index contributed by atoms with van der Waals surface area (Å²) in [5.41, 5.74) is -1.85. The number of hydrogen-bond acceptors (Lipinski definition) is 3. The molecule has 0 heterocycles. The molecule has 0 fully saturated rings. The molecule has 0 aromatic rings. The SMILES string of the molecule is C=CC(C)(O)C(F)C(=O)OCC. The number of hydrogen-bond donors (Lipinski definition) is 1. The van der Waals surface area contributed by atoms with Gasteiger partial charge in [-0.1, -0.05) is 6.08 Å². The highest BCUT2D eigenvalue weighted by Gasteiger charge is 2.36. The maximum Gasteiger partial charge on any atom is 0.344 e. The van der Waals surface area contributed by atoms with Crippen molar-refractivity contribution < 1.29 is 19.0 Å². The summed E-state index contributed by atoms with van der Waals surface area (Å²) in [6, 6.07) is 0. The highest BCUT2D eigenvalue weighted by atomic mass is 19.1. The first kappa shape index (κ1) is 11.1. The lowest BCUT2D eigenvalue weighted by Crippen LogP contribution is -2.40. The summed E-state index contributed by atoms with van der Waals surface area (Å²) >= 11 is 0. The Morgan fingerprint density at radius 2 is 2.42 bits per heavy atom. The summed E-state index contributed by atoms with van der Waals surface area (Å²) in [7, 11) is 0. The Bertz CT molecular complexity index is 177. The normalized spacial score (nSPS) is 17.7. The molecule has 0 aromatic heterocycles. The van der Waals surface area contributed by atoms with Crippen LogP contribution in [0.25, 0.3) is 0 Å². The molecule has 0 aliphatic rings. The fourth-order valence-corrected chi connectivity index (χ4v) is 0.557. The van der Waals surface area contributed by atoms with E-state index in [2.05, 4.69) is 11.3 Å². The van der Waals surface area contributed by atoms with E-state index in [1.165, 1.54) is 0 Å². The second-order valence-electron chi connectivity index (χ2n) is 2.54. The lowest BCUT2D eigenvalue weighted by atomic mass is 10.0. The topological polar surface area (TPSA) is 46.5 Å². The zero-order chi connectivity index (χ0) is 9.78. The van der Waals surface area contributed by atoms with Gasteiger partial charge < -0.3 is 9.84 Å². The van der Waals surface area contributed by atoms with Crippen molar-refractivity contribution in [2.24, 2.45) is 0 Å². The van der Waals surface area contributed by atoms with Gasteiger partial charge in [0.2, 0.25) is 6.17 Å². The maximum absolute atomic E-state index is 13.0. The van der Waals surface area contributed by atoms with E-state index in [1.807, 2.05) is 0 Å². The highest BCUT2D eigenvalue weighted by molar-refractivity contribution is 5.76. The summed E-state index contributed by atoms with van der Waals surface area (Å²) in [5, 5.41) is 9.19. The molecule has 0 bridgehead atoms. The molecule has 0 aliphatic carbocycles. The second-order valence-corrected chi connectivity index (χ2v) is 2.54. The summed E-state index contributed by atoms with van der Waals surface area (Å²) in [5.74, 6) is -1.07. The lowest BCUT2D eigenvalue weighted by Gasteiger charge is -2.21. The van der Waals surface area contributed by atoms with Gasteiger partial charge >= 0.3 is 5.97 Å². The molecular formula is C8H13FO3. The predicted octanol–water partition coefficient (Wildman–Crippen LogP) is 0.825. The molecule has 0 rings (SSSR count). The summed E-state index contributed by atoms with van der Waals surface area (Å²) in [4.78, 5) is 10.7. The predicted molar refractivity (Wildman–Crippen MR) is 42.3 cm³/mol. The Labute approximate surface area is 70.8 Å². The fourth-order valence-electron chi connectivity index (χ4n) is 0.557. The van der Waals surface area contributed by atoms with Crippen LogP contribution in [0.1, 0.15) is 13.8 Å². The molecule has 0 aliphatic heterocycles. The third kappa shape index (κ3) is 2.62. The smallest absolute Gasteiger partial charge is 0.344 e. The largest absolute Gasteiger partial charge is 0.464 e. The van der Waals surface area contributed by atoms with Crippen LogP contribution < -0.4 is 0 Å². The fraction of sp³-hybridized carbons (Fsp3) is 0.625. The zero-order valence-electron chi connectivity index (χ0n) is 7.21. The first-order valence-electron chi connectivity index (χ1n) is 3.62. The Hall–Kier alpha value is -0.900. The van der Waals surface area contributed by atoms with Crippen LogP contribution in [0.5, 0.6) is 0 Å². The van der Waals surface area contributed by atoms with Gasteiger partial charge in [-0.15, -0.1) is 6.58 Å². The highest BCUT2D eigenvalue weighted by Crippen LogP contribution is 2.15. The molecule has 0 spiro atoms. The van der Waals surface area contributed by atoms with Gasteiger partial charge in [-0.25, -0.2) is 9.18 Å². The number of aliphatic hydroxyl groups is 1. The van der Waals surface area contributed by atoms with Crippen molar-refractivity contribution in [2.75, 3.05) is 6.61 Å². The number of halogens is 1. The second kappa shape index (κ2) is 4.21. The molecule has 4 heteroatoms. The summed E-state index contributed by atoms with van der Waals surface area (Å²) < 4.78 is 17.3. The number of carbonyl (C=O) groups excluding carboxylic acids is 1. The van der Waals surface area contributed by atoms with Crippen molar-refractivity contribution >= 4 is 5.97 Å². The quantitative estimate of drug-likeness (QED) is 0.509. The van der Waals surface area contributed by atoms with Gasteiger partial charge in [0.1, 0.15) is 5.60 Å². The number of carbonyl (C=O) groups is 1. The standard InChI is InChI=1S/C8H13FO3/c1-4-8(3,11)6(9)7(10)12-5-2/h4,6,11H,1,5H2,2-3H3. The van der Waals surface area contributed by atoms with Crippen LogP contribution in [-0.4, -0.2) is 29.5 Å². The van der Waals surface area contributed by atoms with Crippen LogP contribution in [0, 0.1) is 0 Å². The molecule has 3 nitrogen and oxygen atoms in total. The van der Waals surface area contributed by atoms with E-state index in [9.17, 15) is 14.3 Å². The van der Waals surface area contributed by atoms with Gasteiger partial charge in [0.15, 0.2) is 0 Å². The van der Waals surface area contributed by atoms with Crippen LogP contribution >= 0.6 is 0 Å². The maximum atomic E-state index is 13.0. The molecule has 2 atom stereocenters. The monoisotopic (exact) mass is 176 g/mol. The van der Waals surface area contributed by atoms with Gasteiger partial charge in [0.25, 0.3) is 0 Å². The Morgan fingerprint density at radius 3 is 2.75 bits per heavy atom. The number of esters is 1. The van der Waals surface area contributed by atoms with Gasteiger partial charge in [0, 0.05) is 0 Å². The average molecular weight is 176 g/mol. The van der Waals surface area contributed by atoms with Gasteiger partial charge in [0.05, 0.1) is 6.61 Å². The van der Waals surface area contributed by atoms with Crippen LogP contribution in [0.3, 0.4) is 0 Å². The van der Waals surface area contributed by atoms with E-state index in [-0.39, 0.29) is 6.61 Å². The number of ether oxygens (including phenoxy) is 1. The van der Waals surface area contributed by atoms with Crippen molar-refractivity contribution in [2.45, 2.75) is 25.6 Å². The van der Waals surface area contributed by atoms with Crippen LogP contribution in [-0.2, 0) is 9.53 Å². The van der Waals surface area contributed by atoms with E-state index >= 15 is 0 Å². The number of alkyl halides is 1. The van der Waals surface area contributed by atoms with Crippen molar-refractivity contribution in [1.29, 1.82) is 0 Å². The minimum absolute atomic E-state index is 0.0898. The molecule has 0 amide bonds. The van der Waals surface area contributed by atoms with Crippen molar-refractivity contribution in [1.82, 2.24) is 0 Å². The van der Waals surface area contributed by atoms with Gasteiger partial charge in [-0.05, 0) is 13.8 Å². The molecule has 1 N–H and O–H groups in total. The van der Waals surface area contributed by atoms with Crippen LogP contribution in [0.2, 0.25) is 0 Å². The molecule has 2 unspecified atom stereocenters. The minimum Gasteiger partial charge on any atom is -0.464 e. The average Bonchev–Trinajstić information content (AvgIpc) is 2.03. The zero-order valence-corrected chi connectivity index (χ0v) is 7.21. The van der Waals surface area contributed by atoms with Gasteiger partial charge in [-0.3, -0.25) is 0 Å². The summed E-state index contributed by atoms with van der Waals surface area (Å²) in [6.45, 7) is 6.01. The van der Waals surface area contributed by atoms with Crippen molar-refractivity contribution in [3.05, 3.63) is 12.7 Å². The van der Waals surface area contributed by atoms with E-state index < -0.39 is 17.7 Å². The molecular weight excluding hydrogens is 163 g/mol. The van der Waals surface area contributed by atoms with Crippen LogP contribution in [0.4, 0.5) is 4.39 Å². The minimum atomic E-state index is -2.07. The van der Waals surface area contributed by atoms with E-state index in [0.29, 0.717) is 0 Å². The number of rotatable bonds is 4. The third-order valence-corrected chi connectivity index (χ3v) is 1.42. The van der Waals surface area contributed by atoms with E-state index in [1.54, 1.807) is 6.92 Å². The summed E-state index contributed by atoms with van der Waals surface area (Å²) in [6.07, 6.45) is -1.11. The molecule has 70 valence electrons. The molecule has 0 aromatic carbocycles. The molecule has 0 radical (unpaired) electrons. The Morgan fingerprint density at radius 1 is 1.92 bits per heavy atom. The molecule has 0 saturated heterocycles. The Kier molecular flexibility index (Phi) is 3.89. The van der Waals surface area contributed by atoms with Crippen molar-refractivity contribution in [3.8, 4) is 0 Å². The lowest BCUT2D eigenvalue weighted by molar-refractivity contribution is -0.156. The molecule has 0 saturated carbocycles. The Balaban J connectivity index is 4.27. The van der Waals surface area contributed by atoms with Gasteiger partial charge in [-0.2, -0.15) is 0 Å². The first-order valence-corrected chi connectivity index (χ1v) is 3.62. The third-order valence-electron chi connectivity index (χ3n) is 1.42. The van der Waals surface area contributed by atoms with E-state index in [0.717, 1.165) is 13.0 Å². The van der Waals surface area contributed by atoms with E-state index in [4.69, 9.17) is 0 Å². The van der Waals surface area contributed by atoms with Crippen LogP contribution in [0.15, 0.2) is 12.7 Å². The van der Waals surface area contributed by atoms with Crippen molar-refractivity contribution in [3.63, 3.8) is 0 Å².